The second kappa shape index (κ2) is 7.59. The Bertz CT molecular complexity index is 695. The fourth-order valence-electron chi connectivity index (χ4n) is 2.68. The largest absolute Gasteiger partial charge is 0.372 e. The third kappa shape index (κ3) is 4.10. The van der Waals surface area contributed by atoms with Crippen molar-refractivity contribution in [1.29, 1.82) is 0 Å². The third-order valence-corrected chi connectivity index (χ3v) is 3.98. The number of benzene rings is 1. The summed E-state index contributed by atoms with van der Waals surface area (Å²) in [6.07, 6.45) is 5.74. The summed E-state index contributed by atoms with van der Waals surface area (Å²) in [5.41, 5.74) is 2.60. The van der Waals surface area contributed by atoms with E-state index in [0.717, 1.165) is 24.3 Å². The predicted octanol–water partition coefficient (Wildman–Crippen LogP) is 1.94. The summed E-state index contributed by atoms with van der Waals surface area (Å²) < 4.78 is 0. The average Bonchev–Trinajstić information content (AvgIpc) is 3.16. The van der Waals surface area contributed by atoms with Gasteiger partial charge < -0.3 is 15.5 Å². The number of carbonyl (C=O) groups excluding carboxylic acids is 2. The monoisotopic (exact) mass is 324 g/mol. The number of nitrogens with zero attached hydrogens (tertiary/aromatic N) is 2. The lowest BCUT2D eigenvalue weighted by Crippen LogP contribution is -2.34. The van der Waals surface area contributed by atoms with Gasteiger partial charge in [-0.15, -0.1) is 0 Å². The van der Waals surface area contributed by atoms with E-state index in [9.17, 15) is 9.59 Å². The van der Waals surface area contributed by atoms with Gasteiger partial charge in [-0.3, -0.25) is 14.6 Å². The maximum absolute atomic E-state index is 11.9. The van der Waals surface area contributed by atoms with E-state index in [4.69, 9.17) is 0 Å². The van der Waals surface area contributed by atoms with Crippen LogP contribution >= 0.6 is 0 Å². The lowest BCUT2D eigenvalue weighted by Gasteiger charge is -2.17. The van der Waals surface area contributed by atoms with Gasteiger partial charge in [0.1, 0.15) is 0 Å². The van der Waals surface area contributed by atoms with E-state index >= 15 is 0 Å². The van der Waals surface area contributed by atoms with Crippen LogP contribution in [0.25, 0.3) is 0 Å². The minimum atomic E-state index is -0.673. The predicted molar refractivity (Wildman–Crippen MR) is 92.6 cm³/mol. The second-order valence-corrected chi connectivity index (χ2v) is 5.74. The Balaban J connectivity index is 1.51. The second-order valence-electron chi connectivity index (χ2n) is 5.74. The van der Waals surface area contributed by atoms with Crippen LogP contribution in [-0.2, 0) is 16.1 Å². The summed E-state index contributed by atoms with van der Waals surface area (Å²) in [6, 6.07) is 11.2. The smallest absolute Gasteiger partial charge is 0.313 e. The highest BCUT2D eigenvalue weighted by Gasteiger charge is 2.15. The highest BCUT2D eigenvalue weighted by atomic mass is 16.2. The SMILES string of the molecule is O=C(NCc1cccnc1)C(=O)Nc1ccc(N2CCCC2)cc1. The lowest BCUT2D eigenvalue weighted by molar-refractivity contribution is -0.136. The zero-order valence-corrected chi connectivity index (χ0v) is 13.4. The van der Waals surface area contributed by atoms with Crippen molar-refractivity contribution in [2.24, 2.45) is 0 Å². The molecule has 1 saturated heterocycles. The van der Waals surface area contributed by atoms with Crippen LogP contribution < -0.4 is 15.5 Å². The molecule has 0 saturated carbocycles. The number of carbonyl (C=O) groups is 2. The molecule has 2 aromatic rings. The molecule has 0 radical (unpaired) electrons. The number of amides is 2. The summed E-state index contributed by atoms with van der Waals surface area (Å²) in [5, 5.41) is 5.19. The third-order valence-electron chi connectivity index (χ3n) is 3.98. The fourth-order valence-corrected chi connectivity index (χ4v) is 2.68. The molecule has 6 nitrogen and oxygen atoms in total. The number of nitrogens with one attached hydrogen (secondary N) is 2. The van der Waals surface area contributed by atoms with Crippen molar-refractivity contribution in [2.45, 2.75) is 19.4 Å². The summed E-state index contributed by atoms with van der Waals surface area (Å²) in [4.78, 5) is 30.0. The van der Waals surface area contributed by atoms with Crippen LogP contribution in [0, 0.1) is 0 Å². The molecule has 1 aromatic carbocycles. The highest BCUT2D eigenvalue weighted by molar-refractivity contribution is 6.39. The molecule has 2 N–H and O–H groups in total. The molecular formula is C18H20N4O2. The highest BCUT2D eigenvalue weighted by Crippen LogP contribution is 2.21. The molecule has 1 fully saturated rings. The molecule has 0 spiro atoms. The van der Waals surface area contributed by atoms with Gasteiger partial charge in [0, 0.05) is 43.4 Å². The maximum Gasteiger partial charge on any atom is 0.313 e. The first-order chi connectivity index (χ1) is 11.7. The molecule has 1 aromatic heterocycles. The normalized spacial score (nSPS) is 13.6. The zero-order valence-electron chi connectivity index (χ0n) is 13.4. The van der Waals surface area contributed by atoms with Crippen molar-refractivity contribution < 1.29 is 9.59 Å². The topological polar surface area (TPSA) is 74.3 Å². The van der Waals surface area contributed by atoms with Gasteiger partial charge in [-0.05, 0) is 48.7 Å². The standard InChI is InChI=1S/C18H20N4O2/c23-17(20-13-14-4-3-9-19-12-14)18(24)21-15-5-7-16(8-6-15)22-10-1-2-11-22/h3-9,12H,1-2,10-11,13H2,(H,20,23)(H,21,24). The lowest BCUT2D eigenvalue weighted by atomic mass is 10.2. The number of hydrogen-bond acceptors (Lipinski definition) is 4. The molecule has 24 heavy (non-hydrogen) atoms. The molecule has 124 valence electrons. The minimum absolute atomic E-state index is 0.272. The Labute approximate surface area is 140 Å². The summed E-state index contributed by atoms with van der Waals surface area (Å²) in [5.74, 6) is -1.34. The van der Waals surface area contributed by atoms with Crippen molar-refractivity contribution in [3.05, 3.63) is 54.4 Å². The average molecular weight is 324 g/mol. The van der Waals surface area contributed by atoms with E-state index in [1.54, 1.807) is 18.5 Å². The molecule has 6 heteroatoms. The van der Waals surface area contributed by atoms with Crippen LogP contribution in [0.3, 0.4) is 0 Å². The van der Waals surface area contributed by atoms with Crippen molar-refractivity contribution >= 4 is 23.2 Å². The molecule has 3 rings (SSSR count). The zero-order chi connectivity index (χ0) is 16.8. The van der Waals surface area contributed by atoms with Gasteiger partial charge in [0.15, 0.2) is 0 Å². The Morgan fingerprint density at radius 1 is 1.04 bits per heavy atom. The first-order valence-electron chi connectivity index (χ1n) is 8.05. The van der Waals surface area contributed by atoms with E-state index in [-0.39, 0.29) is 6.54 Å². The quantitative estimate of drug-likeness (QED) is 0.843. The van der Waals surface area contributed by atoms with Crippen LogP contribution in [0.15, 0.2) is 48.8 Å². The Morgan fingerprint density at radius 3 is 2.46 bits per heavy atom. The molecule has 2 heterocycles. The van der Waals surface area contributed by atoms with Gasteiger partial charge in [0.2, 0.25) is 0 Å². The van der Waals surface area contributed by atoms with Crippen LogP contribution in [-0.4, -0.2) is 29.9 Å². The van der Waals surface area contributed by atoms with Crippen molar-refractivity contribution in [3.63, 3.8) is 0 Å². The molecule has 0 atom stereocenters. The van der Waals surface area contributed by atoms with Gasteiger partial charge in [-0.25, -0.2) is 0 Å². The molecule has 2 amide bonds. The van der Waals surface area contributed by atoms with Gasteiger partial charge in [-0.1, -0.05) is 6.07 Å². The molecular weight excluding hydrogens is 304 g/mol. The van der Waals surface area contributed by atoms with E-state index in [1.807, 2.05) is 30.3 Å². The number of pyridine rings is 1. The Hall–Kier alpha value is -2.89. The molecule has 0 aliphatic carbocycles. The maximum atomic E-state index is 11.9. The Kier molecular flexibility index (Phi) is 5.05. The summed E-state index contributed by atoms with van der Waals surface area (Å²) in [7, 11) is 0. The van der Waals surface area contributed by atoms with Crippen LogP contribution in [0.5, 0.6) is 0 Å². The summed E-state index contributed by atoms with van der Waals surface area (Å²) in [6.45, 7) is 2.42. The molecule has 0 unspecified atom stereocenters. The first kappa shape index (κ1) is 16.0. The number of anilines is 2. The van der Waals surface area contributed by atoms with E-state index in [2.05, 4.69) is 20.5 Å². The van der Waals surface area contributed by atoms with Gasteiger partial charge >= 0.3 is 11.8 Å². The molecule has 0 bridgehead atoms. The van der Waals surface area contributed by atoms with Crippen LogP contribution in [0.1, 0.15) is 18.4 Å². The van der Waals surface area contributed by atoms with Gasteiger partial charge in [-0.2, -0.15) is 0 Å². The fraction of sp³-hybridized carbons (Fsp3) is 0.278. The van der Waals surface area contributed by atoms with Crippen molar-refractivity contribution in [2.75, 3.05) is 23.3 Å². The summed E-state index contributed by atoms with van der Waals surface area (Å²) >= 11 is 0. The van der Waals surface area contributed by atoms with Crippen LogP contribution in [0.4, 0.5) is 11.4 Å². The Morgan fingerprint density at radius 2 is 1.79 bits per heavy atom. The van der Waals surface area contributed by atoms with E-state index in [1.165, 1.54) is 12.8 Å². The van der Waals surface area contributed by atoms with E-state index < -0.39 is 11.8 Å². The van der Waals surface area contributed by atoms with Gasteiger partial charge in [0.25, 0.3) is 0 Å². The van der Waals surface area contributed by atoms with E-state index in [0.29, 0.717) is 5.69 Å². The number of aromatic nitrogens is 1. The molecule has 1 aliphatic heterocycles. The number of rotatable bonds is 4. The minimum Gasteiger partial charge on any atom is -0.372 e. The molecule has 1 aliphatic rings. The first-order valence-corrected chi connectivity index (χ1v) is 8.05. The van der Waals surface area contributed by atoms with Crippen molar-refractivity contribution in [3.8, 4) is 0 Å². The van der Waals surface area contributed by atoms with Crippen molar-refractivity contribution in [1.82, 2.24) is 10.3 Å². The van der Waals surface area contributed by atoms with Crippen LogP contribution in [0.2, 0.25) is 0 Å². The number of hydrogen-bond donors (Lipinski definition) is 2. The van der Waals surface area contributed by atoms with Gasteiger partial charge in [0.05, 0.1) is 0 Å².